The van der Waals surface area contributed by atoms with E-state index < -0.39 is 19.9 Å². The van der Waals surface area contributed by atoms with Gasteiger partial charge in [-0.05, 0) is 6.07 Å². The summed E-state index contributed by atoms with van der Waals surface area (Å²) in [6.45, 7) is 0. The number of hydrogen-bond acceptors (Lipinski definition) is 6. The lowest BCUT2D eigenvalue weighted by Crippen LogP contribution is -2.09. The highest BCUT2D eigenvalue weighted by atomic mass is 32.3. The molecule has 0 saturated carbocycles. The van der Waals surface area contributed by atoms with Crippen molar-refractivity contribution < 1.29 is 16.8 Å². The number of sulfone groups is 1. The van der Waals surface area contributed by atoms with Gasteiger partial charge in [0.2, 0.25) is 19.9 Å². The molecule has 1 aliphatic heterocycles. The van der Waals surface area contributed by atoms with Crippen LogP contribution in [0.1, 0.15) is 0 Å². The maximum Gasteiger partial charge on any atom is 0.247 e. The third-order valence-corrected chi connectivity index (χ3v) is 6.23. The van der Waals surface area contributed by atoms with Gasteiger partial charge in [-0.1, -0.05) is 0 Å². The minimum Gasteiger partial charge on any atom is -0.359 e. The molecule has 1 aliphatic rings. The van der Waals surface area contributed by atoms with Crippen molar-refractivity contribution in [3.8, 4) is 0 Å². The zero-order valence-corrected chi connectivity index (χ0v) is 9.62. The summed E-state index contributed by atoms with van der Waals surface area (Å²) in [5.41, 5.74) is 0.242. The minimum atomic E-state index is -3.86. The summed E-state index contributed by atoms with van der Waals surface area (Å²) in [7, 11) is -7.39. The Bertz CT molecular complexity index is 638. The van der Waals surface area contributed by atoms with Crippen LogP contribution in [0.4, 0.5) is 5.69 Å². The van der Waals surface area contributed by atoms with Crippen LogP contribution in [-0.4, -0.2) is 16.8 Å². The first-order valence-corrected chi connectivity index (χ1v) is 7.56. The predicted octanol–water partition coefficient (Wildman–Crippen LogP) is 0.0659. The molecule has 0 amide bonds. The van der Waals surface area contributed by atoms with Gasteiger partial charge in [0.15, 0.2) is 0 Å². The molecule has 0 aromatic carbocycles. The number of primary sulfonamides is 1. The van der Waals surface area contributed by atoms with E-state index in [0.29, 0.717) is 11.3 Å². The number of nitrogens with two attached hydrogens (primary N) is 1. The Hall–Kier alpha value is -0.900. The molecule has 82 valence electrons. The first-order valence-electron chi connectivity index (χ1n) is 3.65. The molecule has 0 bridgehead atoms. The maximum atomic E-state index is 11.5. The van der Waals surface area contributed by atoms with Gasteiger partial charge in [0, 0.05) is 6.20 Å². The topological polar surface area (TPSA) is 106 Å². The van der Waals surface area contributed by atoms with Gasteiger partial charge in [-0.2, -0.15) is 0 Å². The second-order valence-electron chi connectivity index (χ2n) is 2.80. The quantitative estimate of drug-likeness (QED) is 0.748. The molecule has 1 aromatic rings. The van der Waals surface area contributed by atoms with Crippen LogP contribution in [-0.2, 0) is 19.9 Å². The highest BCUT2D eigenvalue weighted by Crippen LogP contribution is 2.36. The van der Waals surface area contributed by atoms with Crippen molar-refractivity contribution in [2.24, 2.45) is 5.14 Å². The van der Waals surface area contributed by atoms with Gasteiger partial charge in [0.05, 0.1) is 11.1 Å². The zero-order valence-electron chi connectivity index (χ0n) is 7.17. The number of thiophene rings is 1. The van der Waals surface area contributed by atoms with E-state index in [-0.39, 0.29) is 14.1 Å². The molecule has 0 unspecified atom stereocenters. The molecule has 2 heterocycles. The van der Waals surface area contributed by atoms with Gasteiger partial charge in [-0.3, -0.25) is 0 Å². The molecule has 0 spiro atoms. The maximum absolute atomic E-state index is 11.5. The highest BCUT2D eigenvalue weighted by Gasteiger charge is 2.26. The van der Waals surface area contributed by atoms with Crippen molar-refractivity contribution in [2.45, 2.75) is 8.42 Å². The summed E-state index contributed by atoms with van der Waals surface area (Å²) >= 11 is 0.635. The fourth-order valence-corrected chi connectivity index (χ4v) is 4.52. The van der Waals surface area contributed by atoms with Crippen molar-refractivity contribution in [2.75, 3.05) is 5.32 Å². The van der Waals surface area contributed by atoms with Crippen LogP contribution in [0.5, 0.6) is 0 Å². The Morgan fingerprint density at radius 2 is 2.07 bits per heavy atom. The average Bonchev–Trinajstić information content (AvgIpc) is 2.47. The Labute approximate surface area is 90.4 Å². The van der Waals surface area contributed by atoms with E-state index in [0.717, 1.165) is 5.41 Å². The van der Waals surface area contributed by atoms with Gasteiger partial charge in [-0.15, -0.1) is 11.3 Å². The zero-order chi connectivity index (χ0) is 11.3. The van der Waals surface area contributed by atoms with Crippen LogP contribution in [0.3, 0.4) is 0 Å². The third-order valence-electron chi connectivity index (χ3n) is 1.70. The minimum absolute atomic E-state index is 0.0333. The Morgan fingerprint density at radius 1 is 1.40 bits per heavy atom. The normalized spacial score (nSPS) is 18.2. The summed E-state index contributed by atoms with van der Waals surface area (Å²) in [4.78, 5) is 0. The first-order chi connectivity index (χ1) is 6.81. The predicted molar refractivity (Wildman–Crippen MR) is 55.6 cm³/mol. The molecule has 0 radical (unpaired) electrons. The molecule has 0 saturated heterocycles. The highest BCUT2D eigenvalue weighted by molar-refractivity contribution is 7.97. The molecule has 0 fully saturated rings. The number of sulfonamides is 1. The first kappa shape index (κ1) is 10.6. The molecular weight excluding hydrogens is 260 g/mol. The average molecular weight is 266 g/mol. The van der Waals surface area contributed by atoms with Crippen molar-refractivity contribution >= 4 is 36.9 Å². The number of nitrogens with one attached hydrogen (secondary N) is 1. The number of anilines is 1. The molecule has 2 rings (SSSR count). The molecule has 15 heavy (non-hydrogen) atoms. The van der Waals surface area contributed by atoms with Gasteiger partial charge < -0.3 is 5.32 Å². The van der Waals surface area contributed by atoms with E-state index in [1.807, 2.05) is 0 Å². The van der Waals surface area contributed by atoms with Crippen molar-refractivity contribution in [3.63, 3.8) is 0 Å². The van der Waals surface area contributed by atoms with Crippen LogP contribution in [0.25, 0.3) is 0 Å². The lowest BCUT2D eigenvalue weighted by molar-refractivity contribution is 0.599. The fraction of sp³-hybridized carbons (Fsp3) is 0. The number of hydrogen-bond donors (Lipinski definition) is 2. The van der Waals surface area contributed by atoms with Gasteiger partial charge in [0.1, 0.15) is 8.42 Å². The lowest BCUT2D eigenvalue weighted by Gasteiger charge is -2.05. The smallest absolute Gasteiger partial charge is 0.247 e. The van der Waals surface area contributed by atoms with E-state index in [2.05, 4.69) is 5.32 Å². The van der Waals surface area contributed by atoms with Crippen LogP contribution in [0.15, 0.2) is 26.1 Å². The fourth-order valence-electron chi connectivity index (χ4n) is 1.08. The SMILES string of the molecule is NS(=O)(=O)c1cc2c(s1)S(=O)(=O)C=CN2. The molecule has 0 aliphatic carbocycles. The lowest BCUT2D eigenvalue weighted by atomic mass is 10.5. The van der Waals surface area contributed by atoms with Crippen molar-refractivity contribution in [1.29, 1.82) is 0 Å². The van der Waals surface area contributed by atoms with Crippen LogP contribution < -0.4 is 10.5 Å². The summed E-state index contributed by atoms with van der Waals surface area (Å²) in [5, 5.41) is 8.51. The Morgan fingerprint density at radius 3 is 2.60 bits per heavy atom. The molecule has 0 atom stereocenters. The summed E-state index contributed by atoms with van der Waals surface area (Å²) in [6.07, 6.45) is 1.23. The second-order valence-corrected chi connectivity index (χ2v) is 7.67. The van der Waals surface area contributed by atoms with E-state index >= 15 is 0 Å². The van der Waals surface area contributed by atoms with E-state index in [9.17, 15) is 16.8 Å². The molecular formula is C6H6N2O4S3. The van der Waals surface area contributed by atoms with E-state index in [1.165, 1.54) is 12.3 Å². The summed E-state index contributed by atoms with van der Waals surface area (Å²) in [5.74, 6) is 0. The van der Waals surface area contributed by atoms with Gasteiger partial charge in [-0.25, -0.2) is 22.0 Å². The van der Waals surface area contributed by atoms with Crippen LogP contribution in [0.2, 0.25) is 0 Å². The Balaban J connectivity index is 2.71. The number of rotatable bonds is 1. The third kappa shape index (κ3) is 1.78. The van der Waals surface area contributed by atoms with E-state index in [1.54, 1.807) is 0 Å². The second kappa shape index (κ2) is 3.04. The molecule has 9 heteroatoms. The van der Waals surface area contributed by atoms with Crippen LogP contribution in [0, 0.1) is 0 Å². The largest absolute Gasteiger partial charge is 0.359 e. The monoisotopic (exact) mass is 266 g/mol. The Kier molecular flexibility index (Phi) is 2.15. The standard InChI is InChI=1S/C6H6N2O4S3/c7-15(11,12)5-3-4-6(13-5)14(9,10)2-1-8-4/h1-3,8H,(H2,7,11,12). The molecule has 1 aromatic heterocycles. The van der Waals surface area contributed by atoms with Crippen molar-refractivity contribution in [3.05, 3.63) is 17.7 Å². The molecule has 6 nitrogen and oxygen atoms in total. The van der Waals surface area contributed by atoms with Crippen LogP contribution >= 0.6 is 11.3 Å². The van der Waals surface area contributed by atoms with E-state index in [4.69, 9.17) is 5.14 Å². The molecule has 3 N–H and O–H groups in total. The van der Waals surface area contributed by atoms with Gasteiger partial charge >= 0.3 is 0 Å². The summed E-state index contributed by atoms with van der Waals surface area (Å²) in [6, 6.07) is 1.20. The number of fused-ring (bicyclic) bond motifs is 1. The van der Waals surface area contributed by atoms with Gasteiger partial charge in [0.25, 0.3) is 0 Å². The summed E-state index contributed by atoms with van der Waals surface area (Å²) < 4.78 is 44.7. The van der Waals surface area contributed by atoms with Crippen molar-refractivity contribution in [1.82, 2.24) is 0 Å².